The second kappa shape index (κ2) is 5.85. The van der Waals surface area contributed by atoms with Crippen LogP contribution in [0.4, 0.5) is 0 Å². The zero-order valence-corrected chi connectivity index (χ0v) is 16.8. The Morgan fingerprint density at radius 3 is 2.48 bits per heavy atom. The Morgan fingerprint density at radius 2 is 1.85 bits per heavy atom. The number of amides is 2. The largest absolute Gasteiger partial charge is 0.361 e. The molecule has 0 unspecified atom stereocenters. The lowest BCUT2D eigenvalue weighted by molar-refractivity contribution is -0.135. The zero-order chi connectivity index (χ0) is 19.6. The zero-order valence-electron chi connectivity index (χ0n) is 16.8. The van der Waals surface area contributed by atoms with Gasteiger partial charge in [0, 0.05) is 30.4 Å². The molecule has 1 aliphatic carbocycles. The summed E-state index contributed by atoms with van der Waals surface area (Å²) in [5.41, 5.74) is 1.49. The molecule has 0 bridgehead atoms. The summed E-state index contributed by atoms with van der Waals surface area (Å²) in [6.07, 6.45) is 1.86. The van der Waals surface area contributed by atoms with E-state index in [2.05, 4.69) is 24.1 Å². The Bertz CT molecular complexity index is 892. The number of carbonyl (C=O) groups excluding carboxylic acids is 2. The lowest BCUT2D eigenvalue weighted by atomic mass is 9.85. The number of hydrogen-bond acceptors (Lipinski definition) is 2. The van der Waals surface area contributed by atoms with Crippen molar-refractivity contribution in [3.05, 3.63) is 36.0 Å². The molecule has 1 aromatic carbocycles. The van der Waals surface area contributed by atoms with Crippen LogP contribution in [-0.4, -0.2) is 40.8 Å². The predicted octanol–water partition coefficient (Wildman–Crippen LogP) is 3.43. The number of H-pyrrole nitrogens is 1. The predicted molar refractivity (Wildman–Crippen MR) is 106 cm³/mol. The van der Waals surface area contributed by atoms with E-state index in [0.717, 1.165) is 24.0 Å². The topological polar surface area (TPSA) is 65.2 Å². The normalized spacial score (nSPS) is 24.6. The van der Waals surface area contributed by atoms with Gasteiger partial charge in [-0.15, -0.1) is 0 Å². The van der Waals surface area contributed by atoms with Gasteiger partial charge in [0.1, 0.15) is 6.04 Å². The van der Waals surface area contributed by atoms with Gasteiger partial charge < -0.3 is 15.2 Å². The molecule has 0 radical (unpaired) electrons. The summed E-state index contributed by atoms with van der Waals surface area (Å²) in [5.74, 6) is 1.05. The van der Waals surface area contributed by atoms with E-state index >= 15 is 0 Å². The lowest BCUT2D eigenvalue weighted by Crippen LogP contribution is -2.54. The van der Waals surface area contributed by atoms with Crippen molar-refractivity contribution in [3.8, 4) is 0 Å². The van der Waals surface area contributed by atoms with Gasteiger partial charge in [-0.2, -0.15) is 0 Å². The molecule has 3 atom stereocenters. The van der Waals surface area contributed by atoms with Crippen LogP contribution < -0.4 is 5.32 Å². The number of rotatable bonds is 3. The van der Waals surface area contributed by atoms with Gasteiger partial charge in [-0.05, 0) is 46.3 Å². The molecular weight excluding hydrogens is 338 g/mol. The molecule has 2 N–H and O–H groups in total. The highest BCUT2D eigenvalue weighted by molar-refractivity contribution is 6.00. The molecule has 1 aliphatic heterocycles. The van der Waals surface area contributed by atoms with E-state index in [1.807, 2.05) is 56.1 Å². The molecule has 2 heterocycles. The van der Waals surface area contributed by atoms with Crippen LogP contribution in [0, 0.1) is 22.7 Å². The van der Waals surface area contributed by atoms with Crippen molar-refractivity contribution < 1.29 is 9.59 Å². The molecule has 4 rings (SSSR count). The van der Waals surface area contributed by atoms with Gasteiger partial charge in [-0.1, -0.05) is 40.7 Å². The van der Waals surface area contributed by atoms with Crippen molar-refractivity contribution in [2.75, 3.05) is 13.1 Å². The fourth-order valence-corrected chi connectivity index (χ4v) is 4.55. The fourth-order valence-electron chi connectivity index (χ4n) is 4.55. The molecule has 27 heavy (non-hydrogen) atoms. The number of nitrogens with zero attached hydrogens (tertiary/aromatic N) is 1. The maximum atomic E-state index is 13.2. The molecule has 0 spiro atoms. The number of carbonyl (C=O) groups is 2. The first-order valence-corrected chi connectivity index (χ1v) is 9.76. The number of aromatic nitrogens is 1. The maximum Gasteiger partial charge on any atom is 0.252 e. The van der Waals surface area contributed by atoms with E-state index in [1.165, 1.54) is 0 Å². The van der Waals surface area contributed by atoms with Gasteiger partial charge in [0.05, 0.1) is 0 Å². The number of nitrogens with one attached hydrogen (secondary N) is 2. The Morgan fingerprint density at radius 1 is 1.19 bits per heavy atom. The standard InChI is InChI=1S/C22H29N3O2/c1-21(2,3)18(20(27)25-11-15-16(12-25)22(15,4)5)24-19(26)14-7-6-13-8-9-23-17(13)10-14/h6-10,15-16,18,23H,11-12H2,1-5H3,(H,24,26)/t15-,16+,18-/m1/s1. The Kier molecular flexibility index (Phi) is 3.92. The van der Waals surface area contributed by atoms with Crippen LogP contribution in [0.1, 0.15) is 45.0 Å². The number of likely N-dealkylation sites (tertiary alicyclic amines) is 1. The summed E-state index contributed by atoms with van der Waals surface area (Å²) in [6.45, 7) is 12.2. The lowest BCUT2D eigenvalue weighted by Gasteiger charge is -2.34. The second-order valence-corrected chi connectivity index (χ2v) is 9.83. The van der Waals surface area contributed by atoms with Gasteiger partial charge >= 0.3 is 0 Å². The van der Waals surface area contributed by atoms with Crippen molar-refractivity contribution in [2.24, 2.45) is 22.7 Å². The summed E-state index contributed by atoms with van der Waals surface area (Å²) in [7, 11) is 0. The van der Waals surface area contributed by atoms with E-state index < -0.39 is 6.04 Å². The van der Waals surface area contributed by atoms with Crippen LogP contribution in [0.3, 0.4) is 0 Å². The van der Waals surface area contributed by atoms with E-state index in [0.29, 0.717) is 22.8 Å². The molecule has 2 fully saturated rings. The summed E-state index contributed by atoms with van der Waals surface area (Å²) in [5, 5.41) is 4.08. The van der Waals surface area contributed by atoms with Crippen molar-refractivity contribution in [3.63, 3.8) is 0 Å². The third kappa shape index (κ3) is 3.03. The summed E-state index contributed by atoms with van der Waals surface area (Å²) in [4.78, 5) is 31.2. The number of hydrogen-bond donors (Lipinski definition) is 2. The average Bonchev–Trinajstić information content (AvgIpc) is 3.04. The summed E-state index contributed by atoms with van der Waals surface area (Å²) >= 11 is 0. The van der Waals surface area contributed by atoms with E-state index in [1.54, 1.807) is 0 Å². The molecule has 1 aromatic heterocycles. The molecule has 2 aliphatic rings. The smallest absolute Gasteiger partial charge is 0.252 e. The van der Waals surface area contributed by atoms with Crippen LogP contribution in [0.25, 0.3) is 10.9 Å². The SMILES string of the molecule is CC(C)(C)[C@H](NC(=O)c1ccc2cc[nH]c2c1)C(=O)N1C[C@@H]2[C@H](C1)C2(C)C. The molecule has 144 valence electrons. The fraction of sp³-hybridized carbons (Fsp3) is 0.545. The number of aromatic amines is 1. The molecule has 1 saturated carbocycles. The highest BCUT2D eigenvalue weighted by Gasteiger charge is 2.63. The summed E-state index contributed by atoms with van der Waals surface area (Å²) in [6, 6.07) is 7.00. The maximum absolute atomic E-state index is 13.2. The number of piperidine rings is 1. The first-order valence-electron chi connectivity index (χ1n) is 9.76. The van der Waals surface area contributed by atoms with Crippen molar-refractivity contribution in [1.82, 2.24) is 15.2 Å². The molecule has 2 aromatic rings. The average molecular weight is 367 g/mol. The Balaban J connectivity index is 1.50. The van der Waals surface area contributed by atoms with Crippen molar-refractivity contribution in [1.29, 1.82) is 0 Å². The van der Waals surface area contributed by atoms with Gasteiger partial charge in [-0.3, -0.25) is 9.59 Å². The molecule has 5 nitrogen and oxygen atoms in total. The minimum absolute atomic E-state index is 0.0415. The van der Waals surface area contributed by atoms with Crippen molar-refractivity contribution >= 4 is 22.7 Å². The monoisotopic (exact) mass is 367 g/mol. The van der Waals surface area contributed by atoms with Crippen LogP contribution >= 0.6 is 0 Å². The molecule has 2 amide bonds. The van der Waals surface area contributed by atoms with E-state index in [9.17, 15) is 9.59 Å². The molecule has 1 saturated heterocycles. The minimum atomic E-state index is -0.537. The highest BCUT2D eigenvalue weighted by atomic mass is 16.2. The Hall–Kier alpha value is -2.30. The van der Waals surface area contributed by atoms with E-state index in [-0.39, 0.29) is 17.2 Å². The second-order valence-electron chi connectivity index (χ2n) is 9.83. The number of fused-ring (bicyclic) bond motifs is 2. The van der Waals surface area contributed by atoms with Gasteiger partial charge in [0.2, 0.25) is 5.91 Å². The first-order chi connectivity index (χ1) is 12.6. The molecular formula is C22H29N3O2. The third-order valence-corrected chi connectivity index (χ3v) is 6.64. The van der Waals surface area contributed by atoms with Crippen LogP contribution in [0.2, 0.25) is 0 Å². The van der Waals surface area contributed by atoms with Gasteiger partial charge in [0.25, 0.3) is 5.91 Å². The highest BCUT2D eigenvalue weighted by Crippen LogP contribution is 2.62. The van der Waals surface area contributed by atoms with Gasteiger partial charge in [-0.25, -0.2) is 0 Å². The van der Waals surface area contributed by atoms with Crippen molar-refractivity contribution in [2.45, 2.75) is 40.7 Å². The molecule has 5 heteroatoms. The van der Waals surface area contributed by atoms with E-state index in [4.69, 9.17) is 0 Å². The Labute approximate surface area is 160 Å². The van der Waals surface area contributed by atoms with Crippen LogP contribution in [0.5, 0.6) is 0 Å². The van der Waals surface area contributed by atoms with Gasteiger partial charge in [0.15, 0.2) is 0 Å². The summed E-state index contributed by atoms with van der Waals surface area (Å²) < 4.78 is 0. The number of benzene rings is 1. The van der Waals surface area contributed by atoms with Crippen LogP contribution in [-0.2, 0) is 4.79 Å². The van der Waals surface area contributed by atoms with Crippen LogP contribution in [0.15, 0.2) is 30.5 Å². The first kappa shape index (κ1) is 18.1. The quantitative estimate of drug-likeness (QED) is 0.873. The minimum Gasteiger partial charge on any atom is -0.361 e. The third-order valence-electron chi connectivity index (χ3n) is 6.64.